The lowest BCUT2D eigenvalue weighted by atomic mass is 10.3. The van der Waals surface area contributed by atoms with Crippen molar-refractivity contribution in [2.75, 3.05) is 44.2 Å². The zero-order chi connectivity index (χ0) is 13.9. The molecule has 0 saturated carbocycles. The highest BCUT2D eigenvalue weighted by molar-refractivity contribution is 14.0. The molecule has 0 amide bonds. The SMILES string of the molecule is CN=C(NCCCCSC)NCCCS(C)(=O)=O.I. The summed E-state index contributed by atoms with van der Waals surface area (Å²) in [6.07, 6.45) is 6.28. The molecule has 0 aliphatic rings. The summed E-state index contributed by atoms with van der Waals surface area (Å²) in [4.78, 5) is 4.08. The van der Waals surface area contributed by atoms with Gasteiger partial charge in [0.05, 0.1) is 5.75 Å². The Hall–Kier alpha value is 0.300. The molecular formula is C11H26IN3O2S2. The Balaban J connectivity index is 0. The van der Waals surface area contributed by atoms with Crippen LogP contribution in [0.15, 0.2) is 4.99 Å². The van der Waals surface area contributed by atoms with Gasteiger partial charge in [-0.15, -0.1) is 24.0 Å². The first-order valence-electron chi connectivity index (χ1n) is 6.11. The Kier molecular flexibility index (Phi) is 15.1. The Labute approximate surface area is 138 Å². The van der Waals surface area contributed by atoms with Crippen LogP contribution in [0.3, 0.4) is 0 Å². The van der Waals surface area contributed by atoms with Gasteiger partial charge in [-0.05, 0) is 31.3 Å². The van der Waals surface area contributed by atoms with E-state index in [-0.39, 0.29) is 29.7 Å². The molecular weight excluding hydrogens is 397 g/mol. The molecule has 0 atom stereocenters. The van der Waals surface area contributed by atoms with Crippen LogP contribution in [0.5, 0.6) is 0 Å². The number of guanidine groups is 1. The summed E-state index contributed by atoms with van der Waals surface area (Å²) in [5.74, 6) is 2.14. The predicted molar refractivity (Wildman–Crippen MR) is 96.7 cm³/mol. The quantitative estimate of drug-likeness (QED) is 0.254. The molecule has 2 N–H and O–H groups in total. The van der Waals surface area contributed by atoms with Crippen molar-refractivity contribution in [3.63, 3.8) is 0 Å². The molecule has 0 aliphatic heterocycles. The molecule has 116 valence electrons. The van der Waals surface area contributed by atoms with Gasteiger partial charge in [-0.3, -0.25) is 4.99 Å². The van der Waals surface area contributed by atoms with E-state index in [9.17, 15) is 8.42 Å². The summed E-state index contributed by atoms with van der Waals surface area (Å²) in [6.45, 7) is 1.52. The second-order valence-electron chi connectivity index (χ2n) is 4.11. The van der Waals surface area contributed by atoms with Crippen molar-refractivity contribution < 1.29 is 8.42 Å². The zero-order valence-electron chi connectivity index (χ0n) is 11.9. The minimum absolute atomic E-state index is 0. The van der Waals surface area contributed by atoms with E-state index in [4.69, 9.17) is 0 Å². The number of thioether (sulfide) groups is 1. The lowest BCUT2D eigenvalue weighted by molar-refractivity contribution is 0.598. The van der Waals surface area contributed by atoms with Gasteiger partial charge in [0.2, 0.25) is 0 Å². The minimum Gasteiger partial charge on any atom is -0.356 e. The highest BCUT2D eigenvalue weighted by Gasteiger charge is 2.02. The normalized spacial score (nSPS) is 11.8. The van der Waals surface area contributed by atoms with Crippen LogP contribution in [0.1, 0.15) is 19.3 Å². The largest absolute Gasteiger partial charge is 0.356 e. The van der Waals surface area contributed by atoms with E-state index in [1.807, 2.05) is 11.8 Å². The molecule has 0 unspecified atom stereocenters. The van der Waals surface area contributed by atoms with Crippen LogP contribution < -0.4 is 10.6 Å². The van der Waals surface area contributed by atoms with E-state index >= 15 is 0 Å². The highest BCUT2D eigenvalue weighted by Crippen LogP contribution is 1.97. The lowest BCUT2D eigenvalue weighted by Crippen LogP contribution is -2.38. The van der Waals surface area contributed by atoms with Crippen LogP contribution in [-0.4, -0.2) is 58.5 Å². The Morgan fingerprint density at radius 1 is 1.16 bits per heavy atom. The zero-order valence-corrected chi connectivity index (χ0v) is 15.9. The smallest absolute Gasteiger partial charge is 0.190 e. The summed E-state index contributed by atoms with van der Waals surface area (Å²) in [6, 6.07) is 0. The molecule has 0 aromatic heterocycles. The van der Waals surface area contributed by atoms with E-state index < -0.39 is 9.84 Å². The summed E-state index contributed by atoms with van der Waals surface area (Å²) in [5.41, 5.74) is 0. The molecule has 0 rings (SSSR count). The van der Waals surface area contributed by atoms with E-state index in [0.717, 1.165) is 18.9 Å². The summed E-state index contributed by atoms with van der Waals surface area (Å²) in [7, 11) is -1.14. The van der Waals surface area contributed by atoms with Gasteiger partial charge >= 0.3 is 0 Å². The first-order chi connectivity index (χ1) is 8.49. The maximum atomic E-state index is 10.9. The molecule has 19 heavy (non-hydrogen) atoms. The number of aliphatic imine (C=N–C) groups is 1. The maximum absolute atomic E-state index is 10.9. The van der Waals surface area contributed by atoms with Gasteiger partial charge in [-0.1, -0.05) is 0 Å². The lowest BCUT2D eigenvalue weighted by Gasteiger charge is -2.11. The van der Waals surface area contributed by atoms with E-state index in [1.165, 1.54) is 18.4 Å². The number of halogens is 1. The van der Waals surface area contributed by atoms with Gasteiger partial charge in [-0.25, -0.2) is 8.42 Å². The third-order valence-electron chi connectivity index (χ3n) is 2.28. The van der Waals surface area contributed by atoms with Crippen LogP contribution in [0, 0.1) is 0 Å². The second-order valence-corrected chi connectivity index (χ2v) is 7.35. The van der Waals surface area contributed by atoms with Crippen molar-refractivity contribution in [2.45, 2.75) is 19.3 Å². The Morgan fingerprint density at radius 2 is 1.74 bits per heavy atom. The fourth-order valence-electron chi connectivity index (χ4n) is 1.34. The second kappa shape index (κ2) is 13.3. The third kappa shape index (κ3) is 16.2. The molecule has 0 heterocycles. The van der Waals surface area contributed by atoms with Crippen LogP contribution in [0.2, 0.25) is 0 Å². The van der Waals surface area contributed by atoms with E-state index in [0.29, 0.717) is 13.0 Å². The van der Waals surface area contributed by atoms with Gasteiger partial charge in [-0.2, -0.15) is 11.8 Å². The van der Waals surface area contributed by atoms with Crippen molar-refractivity contribution in [2.24, 2.45) is 4.99 Å². The number of hydrogen-bond donors (Lipinski definition) is 2. The van der Waals surface area contributed by atoms with Crippen molar-refractivity contribution >= 4 is 51.5 Å². The van der Waals surface area contributed by atoms with Gasteiger partial charge in [0, 0.05) is 26.4 Å². The summed E-state index contributed by atoms with van der Waals surface area (Å²) in [5, 5.41) is 6.31. The molecule has 0 spiro atoms. The molecule has 0 radical (unpaired) electrons. The van der Waals surface area contributed by atoms with Crippen molar-refractivity contribution in [1.29, 1.82) is 0 Å². The summed E-state index contributed by atoms with van der Waals surface area (Å²) < 4.78 is 21.9. The van der Waals surface area contributed by atoms with Crippen LogP contribution >= 0.6 is 35.7 Å². The van der Waals surface area contributed by atoms with Gasteiger partial charge in [0.1, 0.15) is 9.84 Å². The Morgan fingerprint density at radius 3 is 2.21 bits per heavy atom. The number of unbranched alkanes of at least 4 members (excludes halogenated alkanes) is 1. The minimum atomic E-state index is -2.86. The topological polar surface area (TPSA) is 70.6 Å². The average Bonchev–Trinajstić information content (AvgIpc) is 2.30. The molecule has 0 saturated heterocycles. The number of nitrogens with one attached hydrogen (secondary N) is 2. The fourth-order valence-corrected chi connectivity index (χ4v) is 2.50. The maximum Gasteiger partial charge on any atom is 0.190 e. The molecule has 0 fully saturated rings. The van der Waals surface area contributed by atoms with Crippen molar-refractivity contribution in [3.05, 3.63) is 0 Å². The van der Waals surface area contributed by atoms with Crippen LogP contribution in [0.25, 0.3) is 0 Å². The number of rotatable bonds is 9. The molecule has 8 heteroatoms. The van der Waals surface area contributed by atoms with Crippen LogP contribution in [0.4, 0.5) is 0 Å². The third-order valence-corrected chi connectivity index (χ3v) is 4.00. The van der Waals surface area contributed by atoms with E-state index in [2.05, 4.69) is 21.9 Å². The number of nitrogens with zero attached hydrogens (tertiary/aromatic N) is 1. The standard InChI is InChI=1S/C11H25N3O2S2.HI/c1-12-11(13-7-4-5-9-17-2)14-8-6-10-18(3,15)16;/h4-10H2,1-3H3,(H2,12,13,14);1H. The monoisotopic (exact) mass is 423 g/mol. The molecule has 0 aromatic carbocycles. The predicted octanol–water partition coefficient (Wildman–Crippen LogP) is 1.35. The average molecular weight is 423 g/mol. The van der Waals surface area contributed by atoms with Gasteiger partial charge < -0.3 is 10.6 Å². The number of hydrogen-bond acceptors (Lipinski definition) is 4. The number of sulfone groups is 1. The van der Waals surface area contributed by atoms with Gasteiger partial charge in [0.15, 0.2) is 5.96 Å². The Bertz CT molecular complexity index is 335. The summed E-state index contributed by atoms with van der Waals surface area (Å²) >= 11 is 1.85. The van der Waals surface area contributed by atoms with Gasteiger partial charge in [0.25, 0.3) is 0 Å². The van der Waals surface area contributed by atoms with Crippen molar-refractivity contribution in [3.8, 4) is 0 Å². The molecule has 0 aromatic rings. The molecule has 0 aliphatic carbocycles. The highest BCUT2D eigenvalue weighted by atomic mass is 127. The van der Waals surface area contributed by atoms with E-state index in [1.54, 1.807) is 7.05 Å². The van der Waals surface area contributed by atoms with Crippen molar-refractivity contribution in [1.82, 2.24) is 10.6 Å². The molecule has 5 nitrogen and oxygen atoms in total. The molecule has 0 bridgehead atoms. The van der Waals surface area contributed by atoms with Crippen LogP contribution in [-0.2, 0) is 9.84 Å². The first-order valence-corrected chi connectivity index (χ1v) is 9.56. The fraction of sp³-hybridized carbons (Fsp3) is 0.909. The first kappa shape index (κ1) is 21.6.